The molecule has 0 fully saturated rings. The van der Waals surface area contributed by atoms with Crippen LogP contribution in [0.15, 0.2) is 41.3 Å². The zero-order valence-electron chi connectivity index (χ0n) is 14.5. The molecule has 7 heteroatoms. The summed E-state index contributed by atoms with van der Waals surface area (Å²) in [4.78, 5) is 12.6. The number of amides is 1. The molecule has 2 aromatic carbocycles. The number of carbonyl (C=O) groups excluding carboxylic acids is 1. The third kappa shape index (κ3) is 3.64. The Bertz CT molecular complexity index is 942. The molecule has 138 valence electrons. The Hall–Kier alpha value is -2.25. The first-order valence-electron chi connectivity index (χ1n) is 8.58. The van der Waals surface area contributed by atoms with Gasteiger partial charge in [0, 0.05) is 6.54 Å². The first-order valence-corrected chi connectivity index (χ1v) is 10.2. The highest BCUT2D eigenvalue weighted by molar-refractivity contribution is 7.91. The van der Waals surface area contributed by atoms with Gasteiger partial charge in [0.2, 0.25) is 0 Å². The van der Waals surface area contributed by atoms with Crippen molar-refractivity contribution in [2.45, 2.75) is 31.2 Å². The highest BCUT2D eigenvalue weighted by atomic mass is 32.2. The Balaban J connectivity index is 1.93. The summed E-state index contributed by atoms with van der Waals surface area (Å²) in [5, 5.41) is 5.70. The fraction of sp³-hybridized carbons (Fsp3) is 0.316. The summed E-state index contributed by atoms with van der Waals surface area (Å²) in [7, 11) is -3.57. The molecule has 0 bridgehead atoms. The second-order valence-electron chi connectivity index (χ2n) is 6.26. The smallest absolute Gasteiger partial charge is 0.257 e. The fourth-order valence-corrected chi connectivity index (χ4v) is 4.66. The van der Waals surface area contributed by atoms with Gasteiger partial charge in [-0.1, -0.05) is 25.1 Å². The maximum atomic E-state index is 14.7. The minimum Gasteiger partial charge on any atom is -0.319 e. The van der Waals surface area contributed by atoms with Crippen LogP contribution in [0.2, 0.25) is 0 Å². The Labute approximate surface area is 152 Å². The Morgan fingerprint density at radius 2 is 2.00 bits per heavy atom. The number of hydrogen-bond donors (Lipinski definition) is 2. The third-order valence-electron chi connectivity index (χ3n) is 4.40. The molecule has 3 rings (SSSR count). The van der Waals surface area contributed by atoms with Crippen molar-refractivity contribution in [3.05, 3.63) is 58.9 Å². The van der Waals surface area contributed by atoms with E-state index in [-0.39, 0.29) is 21.9 Å². The minimum atomic E-state index is -3.57. The number of anilines is 1. The summed E-state index contributed by atoms with van der Waals surface area (Å²) in [5.41, 5.74) is 1.56. The average molecular weight is 376 g/mol. The lowest BCUT2D eigenvalue weighted by molar-refractivity contribution is 0.102. The molecule has 1 aliphatic heterocycles. The number of fused-ring (bicyclic) bond motifs is 1. The molecule has 5 nitrogen and oxygen atoms in total. The van der Waals surface area contributed by atoms with Crippen molar-refractivity contribution in [3.8, 4) is 0 Å². The predicted molar refractivity (Wildman–Crippen MR) is 98.5 cm³/mol. The van der Waals surface area contributed by atoms with Gasteiger partial charge in [-0.3, -0.25) is 4.79 Å². The maximum absolute atomic E-state index is 14.7. The molecule has 1 aliphatic rings. The van der Waals surface area contributed by atoms with Crippen LogP contribution in [-0.4, -0.2) is 26.6 Å². The molecule has 0 unspecified atom stereocenters. The van der Waals surface area contributed by atoms with E-state index in [1.54, 1.807) is 25.1 Å². The zero-order chi connectivity index (χ0) is 18.7. The van der Waals surface area contributed by atoms with Crippen LogP contribution < -0.4 is 10.6 Å². The highest BCUT2D eigenvalue weighted by Gasteiger charge is 2.23. The summed E-state index contributed by atoms with van der Waals surface area (Å²) in [6, 6.07) is 9.32. The molecule has 0 radical (unpaired) electrons. The molecule has 0 atom stereocenters. The topological polar surface area (TPSA) is 75.3 Å². The number of hydrogen-bond acceptors (Lipinski definition) is 4. The number of rotatable bonds is 5. The summed E-state index contributed by atoms with van der Waals surface area (Å²) < 4.78 is 39.5. The van der Waals surface area contributed by atoms with E-state index in [2.05, 4.69) is 10.6 Å². The quantitative estimate of drug-likeness (QED) is 0.841. The van der Waals surface area contributed by atoms with E-state index >= 15 is 0 Å². The van der Waals surface area contributed by atoms with Crippen LogP contribution in [0.4, 0.5) is 10.1 Å². The van der Waals surface area contributed by atoms with E-state index in [9.17, 15) is 17.6 Å². The first-order chi connectivity index (χ1) is 12.4. The van der Waals surface area contributed by atoms with E-state index in [1.165, 1.54) is 18.2 Å². The van der Waals surface area contributed by atoms with Crippen LogP contribution in [0.25, 0.3) is 0 Å². The molecule has 0 aliphatic carbocycles. The van der Waals surface area contributed by atoms with Crippen LogP contribution in [0, 0.1) is 5.82 Å². The fourth-order valence-electron chi connectivity index (χ4n) is 3.12. The summed E-state index contributed by atoms with van der Waals surface area (Å²) in [6.07, 6.45) is 0.998. The molecule has 0 saturated heterocycles. The van der Waals surface area contributed by atoms with Gasteiger partial charge in [-0.05, 0) is 48.7 Å². The Morgan fingerprint density at radius 3 is 2.77 bits per heavy atom. The molecule has 26 heavy (non-hydrogen) atoms. The lowest BCUT2D eigenvalue weighted by atomic mass is 9.99. The second kappa shape index (κ2) is 7.55. The summed E-state index contributed by atoms with van der Waals surface area (Å²) in [6.45, 7) is 3.04. The van der Waals surface area contributed by atoms with Gasteiger partial charge in [0.15, 0.2) is 9.84 Å². The Morgan fingerprint density at radius 1 is 1.23 bits per heavy atom. The number of halogens is 1. The number of benzene rings is 2. The van der Waals surface area contributed by atoms with E-state index in [4.69, 9.17) is 0 Å². The average Bonchev–Trinajstić information content (AvgIpc) is 2.64. The largest absolute Gasteiger partial charge is 0.319 e. The maximum Gasteiger partial charge on any atom is 0.257 e. The van der Waals surface area contributed by atoms with Gasteiger partial charge >= 0.3 is 0 Å². The summed E-state index contributed by atoms with van der Waals surface area (Å²) >= 11 is 0. The molecule has 1 amide bonds. The molecular formula is C19H21FN2O3S. The second-order valence-corrected chi connectivity index (χ2v) is 8.34. The van der Waals surface area contributed by atoms with Crippen molar-refractivity contribution >= 4 is 21.4 Å². The number of carbonyl (C=O) groups is 1. The van der Waals surface area contributed by atoms with Gasteiger partial charge in [0.1, 0.15) is 5.82 Å². The normalized spacial score (nSPS) is 13.9. The van der Waals surface area contributed by atoms with Gasteiger partial charge in [-0.2, -0.15) is 0 Å². The van der Waals surface area contributed by atoms with Gasteiger partial charge in [0.25, 0.3) is 5.91 Å². The standard InChI is InChI=1S/C19H21FN2O3S/c1-2-11-26(24,25)17-6-4-3-5-15(17)19(23)22-16-8-7-13-12-21-10-9-14(13)18(16)20/h3-8,21H,2,9-12H2,1H3,(H,22,23). The van der Waals surface area contributed by atoms with Crippen LogP contribution in [0.1, 0.15) is 34.8 Å². The van der Waals surface area contributed by atoms with Crippen molar-refractivity contribution in [1.29, 1.82) is 0 Å². The summed E-state index contributed by atoms with van der Waals surface area (Å²) in [5.74, 6) is -1.13. The van der Waals surface area contributed by atoms with Crippen molar-refractivity contribution in [1.82, 2.24) is 5.32 Å². The van der Waals surface area contributed by atoms with E-state index in [0.29, 0.717) is 31.5 Å². The van der Waals surface area contributed by atoms with Crippen LogP contribution >= 0.6 is 0 Å². The van der Waals surface area contributed by atoms with Crippen molar-refractivity contribution in [2.75, 3.05) is 17.6 Å². The molecule has 1 heterocycles. The lowest BCUT2D eigenvalue weighted by Crippen LogP contribution is -2.25. The molecule has 0 saturated carbocycles. The van der Waals surface area contributed by atoms with E-state index in [0.717, 1.165) is 5.56 Å². The van der Waals surface area contributed by atoms with E-state index < -0.39 is 21.6 Å². The van der Waals surface area contributed by atoms with Gasteiger partial charge in [-0.15, -0.1) is 0 Å². The highest BCUT2D eigenvalue weighted by Crippen LogP contribution is 2.26. The van der Waals surface area contributed by atoms with Gasteiger partial charge in [0.05, 0.1) is 21.9 Å². The van der Waals surface area contributed by atoms with Crippen molar-refractivity contribution < 1.29 is 17.6 Å². The van der Waals surface area contributed by atoms with Crippen molar-refractivity contribution in [2.24, 2.45) is 0 Å². The van der Waals surface area contributed by atoms with Crippen LogP contribution in [0.3, 0.4) is 0 Å². The minimum absolute atomic E-state index is 0.0260. The molecular weight excluding hydrogens is 355 g/mol. The first kappa shape index (κ1) is 18.5. The van der Waals surface area contributed by atoms with Gasteiger partial charge in [-0.25, -0.2) is 12.8 Å². The monoisotopic (exact) mass is 376 g/mol. The third-order valence-corrected chi connectivity index (χ3v) is 6.37. The zero-order valence-corrected chi connectivity index (χ0v) is 15.3. The Kier molecular flexibility index (Phi) is 5.38. The SMILES string of the molecule is CCCS(=O)(=O)c1ccccc1C(=O)Nc1ccc2c(c1F)CCNC2. The number of nitrogens with one attached hydrogen (secondary N) is 2. The molecule has 2 N–H and O–H groups in total. The van der Waals surface area contributed by atoms with Crippen LogP contribution in [0.5, 0.6) is 0 Å². The van der Waals surface area contributed by atoms with Crippen molar-refractivity contribution in [3.63, 3.8) is 0 Å². The molecule has 2 aromatic rings. The molecule has 0 spiro atoms. The lowest BCUT2D eigenvalue weighted by Gasteiger charge is -2.19. The molecule has 0 aromatic heterocycles. The van der Waals surface area contributed by atoms with Crippen LogP contribution in [-0.2, 0) is 22.8 Å². The predicted octanol–water partition coefficient (Wildman–Crippen LogP) is 2.91. The van der Waals surface area contributed by atoms with Gasteiger partial charge < -0.3 is 10.6 Å². The number of sulfone groups is 1. The van der Waals surface area contributed by atoms with E-state index in [1.807, 2.05) is 0 Å².